The van der Waals surface area contributed by atoms with Crippen LogP contribution in [-0.4, -0.2) is 29.1 Å². The molecule has 1 saturated heterocycles. The van der Waals surface area contributed by atoms with Crippen molar-refractivity contribution in [3.8, 4) is 0 Å². The van der Waals surface area contributed by atoms with Crippen LogP contribution in [0.25, 0.3) is 0 Å². The number of carbonyl (C=O) groups excluding carboxylic acids is 1. The van der Waals surface area contributed by atoms with E-state index in [2.05, 4.69) is 10.1 Å². The number of benzene rings is 1. The monoisotopic (exact) mass is 310 g/mol. The summed E-state index contributed by atoms with van der Waals surface area (Å²) >= 11 is 5.96. The molecule has 0 bridgehead atoms. The molecule has 0 saturated carbocycles. The molecular weight excluding hydrogens is 299 g/mol. The van der Waals surface area contributed by atoms with Gasteiger partial charge in [0.1, 0.15) is 17.5 Å². The summed E-state index contributed by atoms with van der Waals surface area (Å²) in [6.45, 7) is 0.655. The van der Waals surface area contributed by atoms with Gasteiger partial charge >= 0.3 is 0 Å². The van der Waals surface area contributed by atoms with Crippen LogP contribution >= 0.6 is 11.6 Å². The maximum absolute atomic E-state index is 13.7. The molecule has 1 aromatic heterocycles. The number of hydrogen-bond donors (Lipinski definition) is 0. The third-order valence-electron chi connectivity index (χ3n) is 3.34. The molecule has 3 rings (SSSR count). The summed E-state index contributed by atoms with van der Waals surface area (Å²) in [5.41, 5.74) is 0.303. The van der Waals surface area contributed by atoms with E-state index in [1.807, 2.05) is 0 Å². The lowest BCUT2D eigenvalue weighted by Crippen LogP contribution is -2.25. The normalized spacial score (nSPS) is 19.0. The second kappa shape index (κ2) is 5.91. The van der Waals surface area contributed by atoms with Crippen LogP contribution in [0.5, 0.6) is 0 Å². The Hall–Kier alpha value is -1.79. The molecule has 0 N–H and O–H groups in total. The van der Waals surface area contributed by atoms with Crippen molar-refractivity contribution in [1.82, 2.24) is 10.1 Å². The van der Waals surface area contributed by atoms with Gasteiger partial charge in [0.05, 0.1) is 13.2 Å². The molecule has 5 nitrogen and oxygen atoms in total. The first-order valence-electron chi connectivity index (χ1n) is 6.51. The molecule has 1 aromatic carbocycles. The van der Waals surface area contributed by atoms with Crippen LogP contribution in [-0.2, 0) is 16.0 Å². The Bertz CT molecular complexity index is 654. The fourth-order valence-electron chi connectivity index (χ4n) is 2.19. The van der Waals surface area contributed by atoms with Crippen molar-refractivity contribution in [3.63, 3.8) is 0 Å². The summed E-state index contributed by atoms with van der Waals surface area (Å²) in [6, 6.07) is 4.45. The van der Waals surface area contributed by atoms with E-state index in [0.717, 1.165) is 0 Å². The molecule has 0 spiro atoms. The molecule has 1 aliphatic rings. The molecule has 1 aliphatic heterocycles. The van der Waals surface area contributed by atoms with Crippen molar-refractivity contribution < 1.29 is 18.4 Å². The van der Waals surface area contributed by atoms with E-state index in [-0.39, 0.29) is 30.5 Å². The first-order chi connectivity index (χ1) is 10.1. The van der Waals surface area contributed by atoms with Crippen LogP contribution in [0, 0.1) is 5.82 Å². The number of carbonyl (C=O) groups is 1. The summed E-state index contributed by atoms with van der Waals surface area (Å²) in [5.74, 6) is -0.445. The smallest absolute Gasteiger partial charge is 0.239 e. The number of nitrogens with zero attached hydrogens (tertiary/aromatic N) is 2. The highest BCUT2D eigenvalue weighted by molar-refractivity contribution is 6.31. The molecule has 2 aromatic rings. The van der Waals surface area contributed by atoms with Gasteiger partial charge in [0.2, 0.25) is 5.89 Å². The quantitative estimate of drug-likeness (QED) is 0.871. The molecule has 1 fully saturated rings. The summed E-state index contributed by atoms with van der Waals surface area (Å²) in [6.07, 6.45) is 0.443. The van der Waals surface area contributed by atoms with Crippen molar-refractivity contribution in [2.75, 3.05) is 13.2 Å². The molecular formula is C14H12ClFN2O3. The molecule has 0 radical (unpaired) electrons. The molecule has 0 aliphatic carbocycles. The first-order valence-corrected chi connectivity index (χ1v) is 6.89. The van der Waals surface area contributed by atoms with Gasteiger partial charge in [0, 0.05) is 23.4 Å². The van der Waals surface area contributed by atoms with Crippen LogP contribution in [0.15, 0.2) is 22.7 Å². The third kappa shape index (κ3) is 2.96. The lowest BCUT2D eigenvalue weighted by molar-refractivity contribution is -0.127. The maximum atomic E-state index is 13.7. The molecule has 0 amide bonds. The number of ketones is 1. The highest BCUT2D eigenvalue weighted by Crippen LogP contribution is 2.24. The zero-order chi connectivity index (χ0) is 14.8. The Kier molecular flexibility index (Phi) is 3.98. The van der Waals surface area contributed by atoms with Gasteiger partial charge in [-0.2, -0.15) is 4.98 Å². The minimum Gasteiger partial charge on any atom is -0.380 e. The second-order valence-electron chi connectivity index (χ2n) is 4.77. The van der Waals surface area contributed by atoms with Gasteiger partial charge in [-0.15, -0.1) is 0 Å². The van der Waals surface area contributed by atoms with E-state index >= 15 is 0 Å². The van der Waals surface area contributed by atoms with Crippen LogP contribution < -0.4 is 0 Å². The number of hydrogen-bond acceptors (Lipinski definition) is 5. The van der Waals surface area contributed by atoms with E-state index in [1.54, 1.807) is 6.07 Å². The van der Waals surface area contributed by atoms with E-state index in [1.165, 1.54) is 12.1 Å². The summed E-state index contributed by atoms with van der Waals surface area (Å²) in [5, 5.41) is 4.09. The van der Waals surface area contributed by atoms with Crippen LogP contribution in [0.1, 0.15) is 29.6 Å². The van der Waals surface area contributed by atoms with Gasteiger partial charge in [0.15, 0.2) is 5.82 Å². The standard InChI is InChI=1S/C14H12ClFN2O3/c15-10-2-1-3-11(16)8(10)6-13-17-14(21-18-13)9-7-20-5-4-12(9)19/h1-3,9H,4-7H2. The van der Waals surface area contributed by atoms with Crippen molar-refractivity contribution >= 4 is 17.4 Å². The Labute approximate surface area is 125 Å². The average molecular weight is 311 g/mol. The first kappa shape index (κ1) is 14.2. The Morgan fingerprint density at radius 2 is 2.29 bits per heavy atom. The SMILES string of the molecule is O=C1CCOCC1c1nc(Cc2c(F)cccc2Cl)no1. The van der Waals surface area contributed by atoms with Crippen molar-refractivity contribution in [3.05, 3.63) is 46.3 Å². The fourth-order valence-corrected chi connectivity index (χ4v) is 2.42. The van der Waals surface area contributed by atoms with Crippen LogP contribution in [0.4, 0.5) is 4.39 Å². The Balaban J connectivity index is 1.80. The van der Waals surface area contributed by atoms with Crippen molar-refractivity contribution in [2.24, 2.45) is 0 Å². The zero-order valence-corrected chi connectivity index (χ0v) is 11.8. The summed E-state index contributed by atoms with van der Waals surface area (Å²) < 4.78 is 24.1. The predicted molar refractivity (Wildman–Crippen MR) is 71.7 cm³/mol. The number of ether oxygens (including phenoxy) is 1. The average Bonchev–Trinajstić information content (AvgIpc) is 2.92. The number of Topliss-reactive ketones (excluding diaryl/α,β-unsaturated/α-hetero) is 1. The number of aromatic nitrogens is 2. The van der Waals surface area contributed by atoms with E-state index in [0.29, 0.717) is 23.6 Å². The Morgan fingerprint density at radius 1 is 1.43 bits per heavy atom. The lowest BCUT2D eigenvalue weighted by Gasteiger charge is -2.17. The van der Waals surface area contributed by atoms with Crippen LogP contribution in [0.3, 0.4) is 0 Å². The zero-order valence-electron chi connectivity index (χ0n) is 11.0. The molecule has 21 heavy (non-hydrogen) atoms. The highest BCUT2D eigenvalue weighted by atomic mass is 35.5. The van der Waals surface area contributed by atoms with Gasteiger partial charge in [-0.1, -0.05) is 22.8 Å². The Morgan fingerprint density at radius 3 is 3.05 bits per heavy atom. The minimum absolute atomic E-state index is 0.0142. The lowest BCUT2D eigenvalue weighted by atomic mass is 10.0. The molecule has 1 unspecified atom stereocenters. The van der Waals surface area contributed by atoms with E-state index in [9.17, 15) is 9.18 Å². The van der Waals surface area contributed by atoms with E-state index < -0.39 is 11.7 Å². The molecule has 110 valence electrons. The van der Waals surface area contributed by atoms with Crippen molar-refractivity contribution in [2.45, 2.75) is 18.8 Å². The largest absolute Gasteiger partial charge is 0.380 e. The van der Waals surface area contributed by atoms with Crippen molar-refractivity contribution in [1.29, 1.82) is 0 Å². The summed E-state index contributed by atoms with van der Waals surface area (Å²) in [4.78, 5) is 15.9. The fraction of sp³-hybridized carbons (Fsp3) is 0.357. The van der Waals surface area contributed by atoms with Gasteiger partial charge in [-0.05, 0) is 12.1 Å². The van der Waals surface area contributed by atoms with Gasteiger partial charge in [-0.25, -0.2) is 4.39 Å². The van der Waals surface area contributed by atoms with Gasteiger partial charge < -0.3 is 9.26 Å². The third-order valence-corrected chi connectivity index (χ3v) is 3.70. The summed E-state index contributed by atoms with van der Waals surface area (Å²) in [7, 11) is 0. The maximum Gasteiger partial charge on any atom is 0.239 e. The second-order valence-corrected chi connectivity index (χ2v) is 5.18. The molecule has 1 atom stereocenters. The minimum atomic E-state index is -0.531. The molecule has 7 heteroatoms. The van der Waals surface area contributed by atoms with Gasteiger partial charge in [-0.3, -0.25) is 4.79 Å². The topological polar surface area (TPSA) is 65.2 Å². The number of rotatable bonds is 3. The predicted octanol–water partition coefficient (Wildman–Crippen LogP) is 2.53. The van der Waals surface area contributed by atoms with E-state index in [4.69, 9.17) is 20.9 Å². The number of halogens is 2. The van der Waals surface area contributed by atoms with Crippen LogP contribution in [0.2, 0.25) is 5.02 Å². The highest BCUT2D eigenvalue weighted by Gasteiger charge is 2.29. The van der Waals surface area contributed by atoms with Gasteiger partial charge in [0.25, 0.3) is 0 Å². The molecule has 2 heterocycles.